The molecule has 0 radical (unpaired) electrons. The van der Waals surface area contributed by atoms with Crippen LogP contribution in [0.4, 0.5) is 4.79 Å². The third-order valence-corrected chi connectivity index (χ3v) is 2.78. The molecule has 0 aliphatic rings. The minimum atomic E-state index is -0.288. The van der Waals surface area contributed by atoms with E-state index in [2.05, 4.69) is 0 Å². The van der Waals surface area contributed by atoms with Gasteiger partial charge in [-0.2, -0.15) is 0 Å². The first kappa shape index (κ1) is 14.5. The summed E-state index contributed by atoms with van der Waals surface area (Å²) < 4.78 is 5.18. The van der Waals surface area contributed by atoms with Gasteiger partial charge in [0.25, 0.3) is 0 Å². The summed E-state index contributed by atoms with van der Waals surface area (Å²) in [5.41, 5.74) is 7.10. The van der Waals surface area contributed by atoms with Crippen molar-refractivity contribution in [1.29, 1.82) is 0 Å². The van der Waals surface area contributed by atoms with Crippen molar-refractivity contribution in [2.45, 2.75) is 26.3 Å². The number of nitrogens with zero attached hydrogens (tertiary/aromatic N) is 1. The van der Waals surface area contributed by atoms with Crippen molar-refractivity contribution in [3.05, 3.63) is 35.9 Å². The molecule has 1 atom stereocenters. The van der Waals surface area contributed by atoms with Gasteiger partial charge in [-0.05, 0) is 25.8 Å². The van der Waals surface area contributed by atoms with Gasteiger partial charge in [0, 0.05) is 19.1 Å². The van der Waals surface area contributed by atoms with E-state index in [0.29, 0.717) is 19.5 Å². The summed E-state index contributed by atoms with van der Waals surface area (Å²) in [6.07, 6.45) is 0.426. The second kappa shape index (κ2) is 7.71. The molecule has 1 aromatic carbocycles. The molecule has 1 unspecified atom stereocenters. The fourth-order valence-electron chi connectivity index (χ4n) is 1.73. The number of nitrogens with two attached hydrogens (primary N) is 1. The summed E-state index contributed by atoms with van der Waals surface area (Å²) in [6.45, 7) is 5.42. The molecule has 0 saturated carbocycles. The van der Waals surface area contributed by atoms with Gasteiger partial charge in [-0.3, -0.25) is 0 Å². The molecule has 0 spiro atoms. The second-order valence-electron chi connectivity index (χ2n) is 4.20. The zero-order valence-corrected chi connectivity index (χ0v) is 11.1. The Morgan fingerprint density at radius 3 is 2.44 bits per heavy atom. The number of carbonyl (C=O) groups is 1. The molecule has 0 saturated heterocycles. The number of hydrogen-bond acceptors (Lipinski definition) is 3. The van der Waals surface area contributed by atoms with E-state index in [-0.39, 0.29) is 18.7 Å². The van der Waals surface area contributed by atoms with Gasteiger partial charge in [-0.15, -0.1) is 0 Å². The van der Waals surface area contributed by atoms with Crippen LogP contribution in [0.25, 0.3) is 0 Å². The van der Waals surface area contributed by atoms with E-state index in [9.17, 15) is 4.79 Å². The molecule has 0 aliphatic heterocycles. The number of benzene rings is 1. The fourth-order valence-corrected chi connectivity index (χ4v) is 1.73. The summed E-state index contributed by atoms with van der Waals surface area (Å²) in [7, 11) is 0. The highest BCUT2D eigenvalue weighted by atomic mass is 16.6. The van der Waals surface area contributed by atoms with E-state index >= 15 is 0 Å². The maximum absolute atomic E-state index is 11.6. The maximum Gasteiger partial charge on any atom is 0.409 e. The first-order valence-corrected chi connectivity index (χ1v) is 6.38. The Kier molecular flexibility index (Phi) is 6.22. The van der Waals surface area contributed by atoms with E-state index in [1.54, 1.807) is 4.90 Å². The molecule has 4 nitrogen and oxygen atoms in total. The van der Waals surface area contributed by atoms with Crippen LogP contribution >= 0.6 is 0 Å². The van der Waals surface area contributed by atoms with Crippen molar-refractivity contribution < 1.29 is 9.53 Å². The first-order chi connectivity index (χ1) is 8.67. The molecule has 0 heterocycles. The molecule has 0 bridgehead atoms. The van der Waals surface area contributed by atoms with Crippen molar-refractivity contribution in [2.24, 2.45) is 5.73 Å². The summed E-state index contributed by atoms with van der Waals surface area (Å²) in [4.78, 5) is 13.2. The molecule has 0 aliphatic carbocycles. The van der Waals surface area contributed by atoms with E-state index in [4.69, 9.17) is 10.5 Å². The molecule has 4 heteroatoms. The van der Waals surface area contributed by atoms with Crippen molar-refractivity contribution >= 4 is 6.09 Å². The zero-order chi connectivity index (χ0) is 13.4. The van der Waals surface area contributed by atoms with E-state index in [0.717, 1.165) is 5.56 Å². The van der Waals surface area contributed by atoms with Gasteiger partial charge < -0.3 is 15.4 Å². The summed E-state index contributed by atoms with van der Waals surface area (Å²) in [5.74, 6) is 0. The van der Waals surface area contributed by atoms with Crippen molar-refractivity contribution in [3.63, 3.8) is 0 Å². The molecule has 1 amide bonds. The highest BCUT2D eigenvalue weighted by molar-refractivity contribution is 5.67. The molecule has 18 heavy (non-hydrogen) atoms. The Balaban J connectivity index is 2.33. The molecule has 1 aromatic rings. The average molecular weight is 250 g/mol. The van der Waals surface area contributed by atoms with Crippen LogP contribution in [0.2, 0.25) is 0 Å². The van der Waals surface area contributed by atoms with Crippen LogP contribution in [0, 0.1) is 0 Å². The Morgan fingerprint density at radius 2 is 1.89 bits per heavy atom. The highest BCUT2D eigenvalue weighted by Crippen LogP contribution is 2.03. The van der Waals surface area contributed by atoms with Crippen LogP contribution in [0.5, 0.6) is 0 Å². The zero-order valence-electron chi connectivity index (χ0n) is 11.1. The standard InChI is InChI=1S/C14H22N2O2/c1-3-16(4-2)14(17)18-11-13(15)10-12-8-6-5-7-9-12/h5-9,13H,3-4,10-11,15H2,1-2H3. The number of amides is 1. The van der Waals surface area contributed by atoms with E-state index < -0.39 is 0 Å². The molecule has 0 aromatic heterocycles. The van der Waals surface area contributed by atoms with Crippen LogP contribution in [0.3, 0.4) is 0 Å². The Morgan fingerprint density at radius 1 is 1.28 bits per heavy atom. The monoisotopic (exact) mass is 250 g/mol. The van der Waals surface area contributed by atoms with Crippen LogP contribution in [-0.2, 0) is 11.2 Å². The molecular weight excluding hydrogens is 228 g/mol. The molecule has 2 N–H and O–H groups in total. The van der Waals surface area contributed by atoms with Crippen molar-refractivity contribution in [3.8, 4) is 0 Å². The molecule has 0 fully saturated rings. The summed E-state index contributed by atoms with van der Waals surface area (Å²) >= 11 is 0. The highest BCUT2D eigenvalue weighted by Gasteiger charge is 2.12. The lowest BCUT2D eigenvalue weighted by Crippen LogP contribution is -2.36. The van der Waals surface area contributed by atoms with Crippen LogP contribution in [-0.4, -0.2) is 36.7 Å². The van der Waals surface area contributed by atoms with Crippen LogP contribution < -0.4 is 5.73 Å². The minimum Gasteiger partial charge on any atom is -0.448 e. The van der Waals surface area contributed by atoms with Gasteiger partial charge in [0.1, 0.15) is 6.61 Å². The van der Waals surface area contributed by atoms with E-state index in [1.165, 1.54) is 0 Å². The second-order valence-corrected chi connectivity index (χ2v) is 4.20. The van der Waals surface area contributed by atoms with Gasteiger partial charge in [0.05, 0.1) is 0 Å². The van der Waals surface area contributed by atoms with Gasteiger partial charge in [0.15, 0.2) is 0 Å². The lowest BCUT2D eigenvalue weighted by molar-refractivity contribution is 0.100. The summed E-state index contributed by atoms with van der Waals surface area (Å²) in [6, 6.07) is 9.80. The van der Waals surface area contributed by atoms with E-state index in [1.807, 2.05) is 44.2 Å². The average Bonchev–Trinajstić information content (AvgIpc) is 2.39. The van der Waals surface area contributed by atoms with Gasteiger partial charge >= 0.3 is 6.09 Å². The molecular formula is C14H22N2O2. The predicted octanol–water partition coefficient (Wildman–Crippen LogP) is 2.03. The smallest absolute Gasteiger partial charge is 0.409 e. The number of hydrogen-bond donors (Lipinski definition) is 1. The van der Waals surface area contributed by atoms with Gasteiger partial charge in [-0.1, -0.05) is 30.3 Å². The predicted molar refractivity (Wildman–Crippen MR) is 72.4 cm³/mol. The molecule has 1 rings (SSSR count). The largest absolute Gasteiger partial charge is 0.448 e. The van der Waals surface area contributed by atoms with Crippen LogP contribution in [0.15, 0.2) is 30.3 Å². The maximum atomic E-state index is 11.6. The quantitative estimate of drug-likeness (QED) is 0.840. The Labute approximate surface area is 109 Å². The number of carbonyl (C=O) groups excluding carboxylic acids is 1. The first-order valence-electron chi connectivity index (χ1n) is 6.38. The van der Waals surface area contributed by atoms with Crippen molar-refractivity contribution in [2.75, 3.05) is 19.7 Å². The lowest BCUT2D eigenvalue weighted by Gasteiger charge is -2.19. The normalized spacial score (nSPS) is 11.9. The SMILES string of the molecule is CCN(CC)C(=O)OCC(N)Cc1ccccc1. The van der Waals surface area contributed by atoms with Crippen LogP contribution in [0.1, 0.15) is 19.4 Å². The number of ether oxygens (including phenoxy) is 1. The lowest BCUT2D eigenvalue weighted by atomic mass is 10.1. The Bertz CT molecular complexity index is 350. The Hall–Kier alpha value is -1.55. The third-order valence-electron chi connectivity index (χ3n) is 2.78. The van der Waals surface area contributed by atoms with Gasteiger partial charge in [-0.25, -0.2) is 4.79 Å². The fraction of sp³-hybridized carbons (Fsp3) is 0.500. The summed E-state index contributed by atoms with van der Waals surface area (Å²) in [5, 5.41) is 0. The topological polar surface area (TPSA) is 55.6 Å². The van der Waals surface area contributed by atoms with Gasteiger partial charge in [0.2, 0.25) is 0 Å². The minimum absolute atomic E-state index is 0.160. The van der Waals surface area contributed by atoms with Crippen molar-refractivity contribution in [1.82, 2.24) is 4.90 Å². The third kappa shape index (κ3) is 4.75. The molecule has 100 valence electrons. The number of rotatable bonds is 6.